The van der Waals surface area contributed by atoms with E-state index in [1.807, 2.05) is 0 Å². The Kier molecular flexibility index (Phi) is 6.59. The molecule has 0 aromatic rings. The molecule has 1 amide bonds. The molecular weight excluding hydrogens is 410 g/mol. The van der Waals surface area contributed by atoms with Crippen LogP contribution in [-0.2, 0) is 14.3 Å². The van der Waals surface area contributed by atoms with Gasteiger partial charge in [-0.3, -0.25) is 4.79 Å². The van der Waals surface area contributed by atoms with Crippen LogP contribution in [0.1, 0.15) is 110 Å². The highest BCUT2D eigenvalue weighted by atomic mass is 16.5. The maximum absolute atomic E-state index is 12.9. The van der Waals surface area contributed by atoms with Crippen LogP contribution in [0, 0.1) is 40.4 Å². The average molecular weight is 458 g/mol. The van der Waals surface area contributed by atoms with E-state index in [1.165, 1.54) is 77.7 Å². The molecule has 5 aliphatic rings. The summed E-state index contributed by atoms with van der Waals surface area (Å²) < 4.78 is 4.92. The Morgan fingerprint density at radius 2 is 1.70 bits per heavy atom. The van der Waals surface area contributed by atoms with Crippen molar-refractivity contribution in [2.24, 2.45) is 40.4 Å². The quantitative estimate of drug-likeness (QED) is 0.451. The molecule has 5 fully saturated rings. The molecule has 1 aliphatic heterocycles. The molecule has 0 bridgehead atoms. The van der Waals surface area contributed by atoms with Gasteiger partial charge < -0.3 is 9.64 Å². The van der Waals surface area contributed by atoms with E-state index in [-0.39, 0.29) is 17.9 Å². The molecule has 4 aliphatic carbocycles. The first kappa shape index (κ1) is 23.7. The first-order valence-corrected chi connectivity index (χ1v) is 14.3. The maximum Gasteiger partial charge on any atom is 0.328 e. The van der Waals surface area contributed by atoms with E-state index >= 15 is 0 Å². The van der Waals surface area contributed by atoms with Gasteiger partial charge in [0.15, 0.2) is 0 Å². The van der Waals surface area contributed by atoms with E-state index in [9.17, 15) is 9.59 Å². The summed E-state index contributed by atoms with van der Waals surface area (Å²) in [5.74, 6) is 4.54. The molecule has 0 aromatic carbocycles. The molecule has 8 atom stereocenters. The first-order chi connectivity index (χ1) is 15.9. The number of likely N-dealkylation sites (tertiary alicyclic amines) is 1. The molecule has 0 spiro atoms. The Balaban J connectivity index is 1.18. The predicted octanol–water partition coefficient (Wildman–Crippen LogP) is 6.37. The highest BCUT2D eigenvalue weighted by Crippen LogP contribution is 2.67. The lowest BCUT2D eigenvalue weighted by molar-refractivity contribution is -0.151. The second kappa shape index (κ2) is 9.19. The zero-order valence-corrected chi connectivity index (χ0v) is 21.4. The number of rotatable bonds is 5. The van der Waals surface area contributed by atoms with Crippen molar-refractivity contribution in [2.75, 3.05) is 13.7 Å². The van der Waals surface area contributed by atoms with Gasteiger partial charge in [-0.15, -0.1) is 0 Å². The largest absolute Gasteiger partial charge is 0.467 e. The molecule has 5 rings (SSSR count). The summed E-state index contributed by atoms with van der Waals surface area (Å²) in [6, 6.07) is -0.345. The number of ether oxygens (including phenoxy) is 1. The van der Waals surface area contributed by atoms with Crippen molar-refractivity contribution in [2.45, 2.75) is 116 Å². The molecule has 4 heteroatoms. The minimum atomic E-state index is -0.345. The van der Waals surface area contributed by atoms with E-state index in [2.05, 4.69) is 13.8 Å². The van der Waals surface area contributed by atoms with Gasteiger partial charge in [-0.1, -0.05) is 26.7 Å². The summed E-state index contributed by atoms with van der Waals surface area (Å²) in [6.45, 7) is 6.01. The third kappa shape index (κ3) is 3.96. The molecule has 0 N–H and O–H groups in total. The fourth-order valence-electron chi connectivity index (χ4n) is 9.97. The fraction of sp³-hybridized carbons (Fsp3) is 0.931. The van der Waals surface area contributed by atoms with Gasteiger partial charge in [0.2, 0.25) is 5.91 Å². The average Bonchev–Trinajstić information content (AvgIpc) is 3.43. The molecular formula is C29H47NO3. The van der Waals surface area contributed by atoms with E-state index in [4.69, 9.17) is 4.74 Å². The molecule has 1 heterocycles. The highest BCUT2D eigenvalue weighted by Gasteiger charge is 2.59. The smallest absolute Gasteiger partial charge is 0.328 e. The van der Waals surface area contributed by atoms with Crippen molar-refractivity contribution < 1.29 is 14.3 Å². The molecule has 1 saturated heterocycles. The van der Waals surface area contributed by atoms with Gasteiger partial charge in [0, 0.05) is 13.0 Å². The zero-order chi connectivity index (χ0) is 23.2. The van der Waals surface area contributed by atoms with Crippen LogP contribution in [0.5, 0.6) is 0 Å². The normalized spacial score (nSPS) is 44.6. The monoisotopic (exact) mass is 457 g/mol. The number of amides is 1. The third-order valence-electron chi connectivity index (χ3n) is 11.8. The van der Waals surface area contributed by atoms with Crippen molar-refractivity contribution in [1.29, 1.82) is 0 Å². The van der Waals surface area contributed by atoms with Crippen LogP contribution in [0.15, 0.2) is 0 Å². The molecule has 33 heavy (non-hydrogen) atoms. The van der Waals surface area contributed by atoms with Crippen LogP contribution >= 0.6 is 0 Å². The minimum Gasteiger partial charge on any atom is -0.467 e. The van der Waals surface area contributed by atoms with Gasteiger partial charge in [-0.2, -0.15) is 0 Å². The minimum absolute atomic E-state index is 0.162. The van der Waals surface area contributed by atoms with Crippen molar-refractivity contribution in [3.8, 4) is 0 Å². The Morgan fingerprint density at radius 3 is 2.52 bits per heavy atom. The van der Waals surface area contributed by atoms with Gasteiger partial charge in [0.25, 0.3) is 0 Å². The highest BCUT2D eigenvalue weighted by molar-refractivity contribution is 5.85. The molecule has 4 nitrogen and oxygen atoms in total. The van der Waals surface area contributed by atoms with E-state index in [0.717, 1.165) is 48.9 Å². The standard InChI is InChI=1S/C29H47NO3/c1-28-17-5-4-8-20(28)12-14-22-23-15-13-21(29(23,2)18-16-24(22)28)9-6-11-26(31)30-19-7-10-25(30)27(32)33-3/h20-25H,4-19H2,1-3H3. The van der Waals surface area contributed by atoms with Crippen molar-refractivity contribution in [3.05, 3.63) is 0 Å². The molecule has 186 valence electrons. The van der Waals surface area contributed by atoms with Gasteiger partial charge in [-0.25, -0.2) is 4.79 Å². The molecule has 0 aromatic heterocycles. The first-order valence-electron chi connectivity index (χ1n) is 14.3. The van der Waals surface area contributed by atoms with Crippen LogP contribution in [0.3, 0.4) is 0 Å². The number of hydrogen-bond donors (Lipinski definition) is 0. The van der Waals surface area contributed by atoms with Gasteiger partial charge in [0.1, 0.15) is 6.04 Å². The summed E-state index contributed by atoms with van der Waals surface area (Å²) >= 11 is 0. The third-order valence-corrected chi connectivity index (χ3v) is 11.8. The van der Waals surface area contributed by atoms with Crippen LogP contribution in [0.2, 0.25) is 0 Å². The number of esters is 1. The Hall–Kier alpha value is -1.06. The van der Waals surface area contributed by atoms with Gasteiger partial charge in [-0.05, 0) is 117 Å². The Bertz CT molecular complexity index is 751. The molecule has 0 radical (unpaired) electrons. The lowest BCUT2D eigenvalue weighted by Gasteiger charge is -2.60. The fourth-order valence-corrected chi connectivity index (χ4v) is 9.97. The maximum atomic E-state index is 12.9. The van der Waals surface area contributed by atoms with Crippen LogP contribution in [0.25, 0.3) is 0 Å². The van der Waals surface area contributed by atoms with Crippen LogP contribution in [0.4, 0.5) is 0 Å². The Labute approximate surface area is 201 Å². The predicted molar refractivity (Wildman–Crippen MR) is 130 cm³/mol. The lowest BCUT2D eigenvalue weighted by atomic mass is 9.45. The number of carbonyl (C=O) groups is 2. The number of methoxy groups -OCH3 is 1. The van der Waals surface area contributed by atoms with Gasteiger partial charge in [0.05, 0.1) is 7.11 Å². The summed E-state index contributed by atoms with van der Waals surface area (Å²) in [4.78, 5) is 26.7. The second-order valence-corrected chi connectivity index (χ2v) is 12.9. The summed E-state index contributed by atoms with van der Waals surface area (Å²) in [6.07, 6.45) is 19.0. The summed E-state index contributed by atoms with van der Waals surface area (Å²) in [5.41, 5.74) is 1.11. The zero-order valence-electron chi connectivity index (χ0n) is 21.4. The van der Waals surface area contributed by atoms with E-state index in [1.54, 1.807) is 4.90 Å². The number of nitrogens with zero attached hydrogens (tertiary/aromatic N) is 1. The SMILES string of the molecule is COC(=O)C1CCCN1C(=O)CCCC1CCC2C3CCC4CCCCC4(C)C3CCC12C. The van der Waals surface area contributed by atoms with Crippen molar-refractivity contribution in [3.63, 3.8) is 0 Å². The van der Waals surface area contributed by atoms with Gasteiger partial charge >= 0.3 is 5.97 Å². The summed E-state index contributed by atoms with van der Waals surface area (Å²) in [5, 5.41) is 0. The molecule has 8 unspecified atom stereocenters. The van der Waals surface area contributed by atoms with E-state index in [0.29, 0.717) is 23.8 Å². The molecule has 4 saturated carbocycles. The number of hydrogen-bond acceptors (Lipinski definition) is 3. The number of carbonyl (C=O) groups excluding carboxylic acids is 2. The van der Waals surface area contributed by atoms with Crippen molar-refractivity contribution in [1.82, 2.24) is 4.90 Å². The second-order valence-electron chi connectivity index (χ2n) is 12.9. The van der Waals surface area contributed by atoms with E-state index < -0.39 is 0 Å². The lowest BCUT2D eigenvalue weighted by Crippen LogP contribution is -2.52. The summed E-state index contributed by atoms with van der Waals surface area (Å²) in [7, 11) is 1.43. The van der Waals surface area contributed by atoms with Crippen molar-refractivity contribution >= 4 is 11.9 Å². The van der Waals surface area contributed by atoms with Crippen LogP contribution < -0.4 is 0 Å². The van der Waals surface area contributed by atoms with Crippen LogP contribution in [-0.4, -0.2) is 36.5 Å². The number of fused-ring (bicyclic) bond motifs is 5. The topological polar surface area (TPSA) is 46.6 Å². The Morgan fingerprint density at radius 1 is 0.879 bits per heavy atom.